The lowest BCUT2D eigenvalue weighted by Crippen LogP contribution is -2.37. The smallest absolute Gasteiger partial charge is 0.224 e. The lowest BCUT2D eigenvalue weighted by atomic mass is 10.2. The Labute approximate surface area is 154 Å². The lowest BCUT2D eigenvalue weighted by Gasteiger charge is -2.17. The van der Waals surface area contributed by atoms with Gasteiger partial charge >= 0.3 is 0 Å². The predicted octanol–water partition coefficient (Wildman–Crippen LogP) is 2.20. The summed E-state index contributed by atoms with van der Waals surface area (Å²) >= 11 is 0. The lowest BCUT2D eigenvalue weighted by molar-refractivity contribution is -0.121. The van der Waals surface area contributed by atoms with Gasteiger partial charge in [0.1, 0.15) is 0 Å². The monoisotopic (exact) mass is 354 g/mol. The maximum atomic E-state index is 12.2. The number of likely N-dealkylation sites (tertiary alicyclic amines) is 1. The minimum Gasteiger partial charge on any atom is -0.478 e. The fourth-order valence-electron chi connectivity index (χ4n) is 3.12. The highest BCUT2D eigenvalue weighted by molar-refractivity contribution is 5.78. The number of ether oxygens (including phenoxy) is 1. The van der Waals surface area contributed by atoms with Gasteiger partial charge in [0.05, 0.1) is 13.0 Å². The minimum atomic E-state index is 0.0592. The van der Waals surface area contributed by atoms with Crippen molar-refractivity contribution in [3.05, 3.63) is 54.0 Å². The number of hydrogen-bond acceptors (Lipinski definition) is 5. The first kappa shape index (κ1) is 18.3. The Kier molecular flexibility index (Phi) is 6.55. The zero-order valence-electron chi connectivity index (χ0n) is 15.2. The van der Waals surface area contributed by atoms with E-state index in [-0.39, 0.29) is 11.9 Å². The third-order valence-corrected chi connectivity index (χ3v) is 4.38. The van der Waals surface area contributed by atoms with Crippen LogP contribution in [0.1, 0.15) is 30.9 Å². The predicted molar refractivity (Wildman–Crippen MR) is 99.8 cm³/mol. The molecule has 138 valence electrons. The van der Waals surface area contributed by atoms with E-state index in [1.165, 1.54) is 0 Å². The van der Waals surface area contributed by atoms with Gasteiger partial charge in [-0.2, -0.15) is 0 Å². The second kappa shape index (κ2) is 9.29. The Morgan fingerprint density at radius 1 is 1.31 bits per heavy atom. The molecule has 6 heteroatoms. The van der Waals surface area contributed by atoms with Crippen LogP contribution in [0, 0.1) is 0 Å². The van der Waals surface area contributed by atoms with Gasteiger partial charge in [0.15, 0.2) is 0 Å². The normalized spacial score (nSPS) is 17.2. The highest BCUT2D eigenvalue weighted by Crippen LogP contribution is 2.15. The topological polar surface area (TPSA) is 67.3 Å². The Morgan fingerprint density at radius 3 is 2.96 bits per heavy atom. The summed E-state index contributed by atoms with van der Waals surface area (Å²) in [5, 5.41) is 3.13. The summed E-state index contributed by atoms with van der Waals surface area (Å²) < 4.78 is 5.51. The Balaban J connectivity index is 1.42. The number of nitrogens with zero attached hydrogens (tertiary/aromatic N) is 3. The fourth-order valence-corrected chi connectivity index (χ4v) is 3.12. The number of aromatic nitrogens is 2. The summed E-state index contributed by atoms with van der Waals surface area (Å²) in [7, 11) is 0. The van der Waals surface area contributed by atoms with Crippen LogP contribution in [-0.2, 0) is 17.8 Å². The number of pyridine rings is 2. The van der Waals surface area contributed by atoms with Gasteiger partial charge in [-0.25, -0.2) is 4.98 Å². The molecule has 26 heavy (non-hydrogen) atoms. The maximum absolute atomic E-state index is 12.2. The molecule has 1 fully saturated rings. The standard InChI is InChI=1S/C20H26N4O2/c1-2-10-26-20-6-5-17(13-22-20)14-24-9-7-18(15-24)23-19(25)11-16-4-3-8-21-12-16/h3-6,8,12-13,18H,2,7,9-11,14-15H2,1H3,(H,23,25). The van der Waals surface area contributed by atoms with E-state index in [9.17, 15) is 4.79 Å². The first-order valence-corrected chi connectivity index (χ1v) is 9.21. The number of nitrogens with one attached hydrogen (secondary N) is 1. The molecule has 6 nitrogen and oxygen atoms in total. The summed E-state index contributed by atoms with van der Waals surface area (Å²) in [6.45, 7) is 5.46. The number of carbonyl (C=O) groups excluding carboxylic acids is 1. The molecule has 1 atom stereocenters. The number of amides is 1. The molecule has 0 radical (unpaired) electrons. The van der Waals surface area contributed by atoms with Crippen molar-refractivity contribution in [2.75, 3.05) is 19.7 Å². The van der Waals surface area contributed by atoms with Gasteiger partial charge in [-0.15, -0.1) is 0 Å². The molecule has 2 aromatic rings. The van der Waals surface area contributed by atoms with E-state index in [0.717, 1.165) is 43.6 Å². The molecule has 1 aliphatic heterocycles. The van der Waals surface area contributed by atoms with Crippen LogP contribution in [0.4, 0.5) is 0 Å². The van der Waals surface area contributed by atoms with Gasteiger partial charge in [0.2, 0.25) is 11.8 Å². The third kappa shape index (κ3) is 5.52. The molecule has 1 unspecified atom stereocenters. The molecule has 1 amide bonds. The fraction of sp³-hybridized carbons (Fsp3) is 0.450. The molecule has 2 aromatic heterocycles. The molecule has 0 spiro atoms. The summed E-state index contributed by atoms with van der Waals surface area (Å²) in [6.07, 6.45) is 7.66. The number of rotatable bonds is 8. The molecule has 1 saturated heterocycles. The van der Waals surface area contributed by atoms with Crippen molar-refractivity contribution in [1.82, 2.24) is 20.2 Å². The molecular weight excluding hydrogens is 328 g/mol. The van der Waals surface area contributed by atoms with Gasteiger partial charge in [-0.1, -0.05) is 19.1 Å². The van der Waals surface area contributed by atoms with Crippen LogP contribution in [-0.4, -0.2) is 46.5 Å². The van der Waals surface area contributed by atoms with Crippen molar-refractivity contribution in [2.45, 2.75) is 38.8 Å². The highest BCUT2D eigenvalue weighted by atomic mass is 16.5. The molecule has 3 heterocycles. The molecule has 0 aliphatic carbocycles. The molecule has 0 bridgehead atoms. The van der Waals surface area contributed by atoms with E-state index >= 15 is 0 Å². The Morgan fingerprint density at radius 2 is 2.23 bits per heavy atom. The first-order chi connectivity index (χ1) is 12.7. The van der Waals surface area contributed by atoms with Crippen molar-refractivity contribution in [3.8, 4) is 5.88 Å². The van der Waals surface area contributed by atoms with Crippen LogP contribution >= 0.6 is 0 Å². The first-order valence-electron chi connectivity index (χ1n) is 9.21. The number of carbonyl (C=O) groups is 1. The average Bonchev–Trinajstić information content (AvgIpc) is 3.08. The van der Waals surface area contributed by atoms with Gasteiger partial charge in [-0.3, -0.25) is 14.7 Å². The van der Waals surface area contributed by atoms with E-state index in [2.05, 4.69) is 33.2 Å². The van der Waals surface area contributed by atoms with Gasteiger partial charge < -0.3 is 10.1 Å². The molecule has 3 rings (SSSR count). The molecule has 0 aromatic carbocycles. The van der Waals surface area contributed by atoms with Crippen molar-refractivity contribution in [3.63, 3.8) is 0 Å². The minimum absolute atomic E-state index is 0.0592. The van der Waals surface area contributed by atoms with E-state index in [1.807, 2.05) is 24.4 Å². The van der Waals surface area contributed by atoms with Crippen molar-refractivity contribution in [2.24, 2.45) is 0 Å². The second-order valence-corrected chi connectivity index (χ2v) is 6.68. The van der Waals surface area contributed by atoms with Crippen molar-refractivity contribution < 1.29 is 9.53 Å². The Hall–Kier alpha value is -2.47. The maximum Gasteiger partial charge on any atom is 0.224 e. The molecule has 1 aliphatic rings. The van der Waals surface area contributed by atoms with Gasteiger partial charge in [0.25, 0.3) is 0 Å². The van der Waals surface area contributed by atoms with Crippen LogP contribution in [0.15, 0.2) is 42.9 Å². The summed E-state index contributed by atoms with van der Waals surface area (Å²) in [6, 6.07) is 7.97. The second-order valence-electron chi connectivity index (χ2n) is 6.68. The van der Waals surface area contributed by atoms with Crippen LogP contribution in [0.2, 0.25) is 0 Å². The average molecular weight is 354 g/mol. The van der Waals surface area contributed by atoms with Crippen LogP contribution in [0.3, 0.4) is 0 Å². The third-order valence-electron chi connectivity index (χ3n) is 4.38. The quantitative estimate of drug-likeness (QED) is 0.787. The van der Waals surface area contributed by atoms with Crippen LogP contribution < -0.4 is 10.1 Å². The zero-order valence-corrected chi connectivity index (χ0v) is 15.2. The molecule has 1 N–H and O–H groups in total. The molecule has 0 saturated carbocycles. The van der Waals surface area contributed by atoms with E-state index < -0.39 is 0 Å². The van der Waals surface area contributed by atoms with E-state index in [4.69, 9.17) is 4.74 Å². The summed E-state index contributed by atoms with van der Waals surface area (Å²) in [4.78, 5) is 22.9. The molecular formula is C20H26N4O2. The van der Waals surface area contributed by atoms with Crippen molar-refractivity contribution in [1.29, 1.82) is 0 Å². The van der Waals surface area contributed by atoms with Crippen molar-refractivity contribution >= 4 is 5.91 Å². The van der Waals surface area contributed by atoms with Crippen LogP contribution in [0.25, 0.3) is 0 Å². The number of hydrogen-bond donors (Lipinski definition) is 1. The Bertz CT molecular complexity index is 691. The SMILES string of the molecule is CCCOc1ccc(CN2CCC(NC(=O)Cc3cccnc3)C2)cn1. The zero-order chi connectivity index (χ0) is 18.2. The summed E-state index contributed by atoms with van der Waals surface area (Å²) in [5.74, 6) is 0.738. The van der Waals surface area contributed by atoms with E-state index in [1.54, 1.807) is 12.4 Å². The highest BCUT2D eigenvalue weighted by Gasteiger charge is 2.23. The summed E-state index contributed by atoms with van der Waals surface area (Å²) in [5.41, 5.74) is 2.10. The van der Waals surface area contributed by atoms with Gasteiger partial charge in [0, 0.05) is 50.3 Å². The largest absolute Gasteiger partial charge is 0.478 e. The van der Waals surface area contributed by atoms with E-state index in [0.29, 0.717) is 18.9 Å². The van der Waals surface area contributed by atoms with Crippen LogP contribution in [0.5, 0.6) is 5.88 Å². The van der Waals surface area contributed by atoms with Gasteiger partial charge in [-0.05, 0) is 30.0 Å².